The maximum Gasteiger partial charge on any atom is 0.198 e. The first kappa shape index (κ1) is 20.3. The van der Waals surface area contributed by atoms with Gasteiger partial charge in [0.2, 0.25) is 0 Å². The molecule has 0 aliphatic carbocycles. The lowest BCUT2D eigenvalue weighted by Gasteiger charge is -2.13. The second-order valence-electron chi connectivity index (χ2n) is 8.35. The van der Waals surface area contributed by atoms with Gasteiger partial charge in [-0.1, -0.05) is 45.4 Å². The number of hydrogen-bond acceptors (Lipinski definition) is 5. The van der Waals surface area contributed by atoms with Gasteiger partial charge < -0.3 is 4.42 Å². The van der Waals surface area contributed by atoms with Gasteiger partial charge in [0.25, 0.3) is 0 Å². The summed E-state index contributed by atoms with van der Waals surface area (Å²) in [5.41, 5.74) is 3.41. The van der Waals surface area contributed by atoms with Crippen molar-refractivity contribution in [1.29, 1.82) is 0 Å². The molecule has 0 spiro atoms. The Morgan fingerprint density at radius 1 is 1.18 bits per heavy atom. The van der Waals surface area contributed by atoms with E-state index in [9.17, 15) is 8.42 Å². The molecule has 150 valence electrons. The number of rotatable bonds is 5. The molecule has 1 unspecified atom stereocenters. The summed E-state index contributed by atoms with van der Waals surface area (Å²) in [6, 6.07) is 8.88. The molecular weight excluding hydrogens is 374 g/mol. The van der Waals surface area contributed by atoms with Crippen molar-refractivity contribution in [3.63, 3.8) is 0 Å². The van der Waals surface area contributed by atoms with Gasteiger partial charge in [-0.3, -0.25) is 4.68 Å². The molecule has 0 fully saturated rings. The molecule has 0 saturated carbocycles. The second-order valence-corrected chi connectivity index (χ2v) is 10.4. The second kappa shape index (κ2) is 7.20. The van der Waals surface area contributed by atoms with Crippen LogP contribution in [0, 0.1) is 6.92 Å². The van der Waals surface area contributed by atoms with Gasteiger partial charge in [-0.25, -0.2) is 13.4 Å². The minimum Gasteiger partial charge on any atom is -0.448 e. The van der Waals surface area contributed by atoms with Crippen molar-refractivity contribution in [2.24, 2.45) is 7.05 Å². The van der Waals surface area contributed by atoms with Crippen LogP contribution in [0.3, 0.4) is 0 Å². The lowest BCUT2D eigenvalue weighted by atomic mass is 9.92. The molecule has 1 aromatic carbocycles. The Bertz CT molecular complexity index is 1070. The van der Waals surface area contributed by atoms with Crippen molar-refractivity contribution < 1.29 is 12.8 Å². The van der Waals surface area contributed by atoms with Crippen molar-refractivity contribution in [1.82, 2.24) is 14.8 Å². The third-order valence-corrected chi connectivity index (χ3v) is 6.63. The van der Waals surface area contributed by atoms with Gasteiger partial charge in [-0.05, 0) is 25.1 Å². The zero-order chi connectivity index (χ0) is 20.7. The van der Waals surface area contributed by atoms with Gasteiger partial charge in [-0.2, -0.15) is 5.10 Å². The molecular formula is C21H27N3O3S. The summed E-state index contributed by atoms with van der Waals surface area (Å²) in [5, 5.41) is 4.56. The van der Waals surface area contributed by atoms with Crippen molar-refractivity contribution in [2.75, 3.05) is 5.75 Å². The molecule has 1 atom stereocenters. The van der Waals surface area contributed by atoms with Gasteiger partial charge in [0.05, 0.1) is 22.0 Å². The normalized spacial score (nSPS) is 13.6. The topological polar surface area (TPSA) is 78.0 Å². The quantitative estimate of drug-likeness (QED) is 0.638. The fourth-order valence-corrected chi connectivity index (χ4v) is 4.49. The number of hydrogen-bond donors (Lipinski definition) is 0. The van der Waals surface area contributed by atoms with Gasteiger partial charge in [0, 0.05) is 18.4 Å². The predicted molar refractivity (Wildman–Crippen MR) is 109 cm³/mol. The standard InChI is InChI=1S/C21H27N3O3S/c1-14-7-9-16(10-8-14)28(25,26)13-15(2)20-22-17(12-27-20)18-11-19(21(3,4)5)23-24(18)6/h7-12,15H,13H2,1-6H3. The summed E-state index contributed by atoms with van der Waals surface area (Å²) in [6.07, 6.45) is 1.56. The number of oxazole rings is 1. The summed E-state index contributed by atoms with van der Waals surface area (Å²) < 4.78 is 32.8. The molecule has 0 N–H and O–H groups in total. The van der Waals surface area contributed by atoms with Crippen LogP contribution >= 0.6 is 0 Å². The highest BCUT2D eigenvalue weighted by atomic mass is 32.2. The molecule has 3 rings (SSSR count). The molecule has 0 aliphatic heterocycles. The van der Waals surface area contributed by atoms with Crippen LogP contribution in [0.1, 0.15) is 50.8 Å². The monoisotopic (exact) mass is 401 g/mol. The number of aromatic nitrogens is 3. The molecule has 0 bridgehead atoms. The molecule has 0 saturated heterocycles. The van der Waals surface area contributed by atoms with E-state index < -0.39 is 9.84 Å². The highest BCUT2D eigenvalue weighted by Crippen LogP contribution is 2.28. The van der Waals surface area contributed by atoms with E-state index in [1.165, 1.54) is 0 Å². The lowest BCUT2D eigenvalue weighted by molar-refractivity contribution is 0.469. The first-order valence-electron chi connectivity index (χ1n) is 9.27. The molecule has 3 aromatic rings. The SMILES string of the molecule is Cc1ccc(S(=O)(=O)CC(C)c2nc(-c3cc(C(C)(C)C)nn3C)co2)cc1. The van der Waals surface area contributed by atoms with Crippen LogP contribution in [-0.2, 0) is 22.3 Å². The molecule has 2 heterocycles. The third kappa shape index (κ3) is 4.19. The number of sulfone groups is 1. The Morgan fingerprint density at radius 2 is 1.82 bits per heavy atom. The van der Waals surface area contributed by atoms with E-state index in [0.29, 0.717) is 16.5 Å². The molecule has 0 amide bonds. The van der Waals surface area contributed by atoms with E-state index >= 15 is 0 Å². The summed E-state index contributed by atoms with van der Waals surface area (Å²) >= 11 is 0. The zero-order valence-corrected chi connectivity index (χ0v) is 18.0. The number of nitrogens with zero attached hydrogens (tertiary/aromatic N) is 3. The van der Waals surface area contributed by atoms with Crippen LogP contribution in [0.25, 0.3) is 11.4 Å². The van der Waals surface area contributed by atoms with E-state index in [1.54, 1.807) is 35.2 Å². The number of benzene rings is 1. The summed E-state index contributed by atoms with van der Waals surface area (Å²) in [5.74, 6) is -0.0196. The van der Waals surface area contributed by atoms with Crippen LogP contribution in [0.15, 0.2) is 45.9 Å². The average Bonchev–Trinajstić information content (AvgIpc) is 3.21. The van der Waals surface area contributed by atoms with Crippen LogP contribution < -0.4 is 0 Å². The van der Waals surface area contributed by atoms with Crippen molar-refractivity contribution in [3.05, 3.63) is 53.7 Å². The molecule has 0 radical (unpaired) electrons. The molecule has 7 heteroatoms. The Labute approximate surface area is 166 Å². The van der Waals surface area contributed by atoms with Crippen molar-refractivity contribution in [2.45, 2.75) is 50.8 Å². The van der Waals surface area contributed by atoms with Gasteiger partial charge in [0.1, 0.15) is 12.0 Å². The highest BCUT2D eigenvalue weighted by molar-refractivity contribution is 7.91. The van der Waals surface area contributed by atoms with Crippen LogP contribution in [0.4, 0.5) is 0 Å². The Morgan fingerprint density at radius 3 is 2.39 bits per heavy atom. The molecule has 2 aromatic heterocycles. The maximum absolute atomic E-state index is 12.7. The minimum atomic E-state index is -3.42. The largest absolute Gasteiger partial charge is 0.448 e. The summed E-state index contributed by atoms with van der Waals surface area (Å²) in [4.78, 5) is 4.85. The fourth-order valence-electron chi connectivity index (χ4n) is 2.95. The fraction of sp³-hybridized carbons (Fsp3) is 0.429. The number of aryl methyl sites for hydroxylation is 2. The first-order chi connectivity index (χ1) is 13.0. The Kier molecular flexibility index (Phi) is 5.23. The summed E-state index contributed by atoms with van der Waals surface area (Å²) in [7, 11) is -1.56. The average molecular weight is 402 g/mol. The lowest BCUT2D eigenvalue weighted by Crippen LogP contribution is -2.13. The van der Waals surface area contributed by atoms with Crippen LogP contribution in [-0.4, -0.2) is 28.9 Å². The van der Waals surface area contributed by atoms with E-state index in [1.807, 2.05) is 27.0 Å². The van der Waals surface area contributed by atoms with Crippen molar-refractivity contribution >= 4 is 9.84 Å². The van der Waals surface area contributed by atoms with Crippen LogP contribution in [0.2, 0.25) is 0 Å². The van der Waals surface area contributed by atoms with Crippen molar-refractivity contribution in [3.8, 4) is 11.4 Å². The van der Waals surface area contributed by atoms with Gasteiger partial charge in [-0.15, -0.1) is 0 Å². The first-order valence-corrected chi connectivity index (χ1v) is 10.9. The predicted octanol–water partition coefficient (Wildman–Crippen LogP) is 4.26. The van der Waals surface area contributed by atoms with E-state index in [4.69, 9.17) is 4.42 Å². The van der Waals surface area contributed by atoms with E-state index in [-0.39, 0.29) is 17.1 Å². The zero-order valence-electron chi connectivity index (χ0n) is 17.2. The molecule has 0 aliphatic rings. The molecule has 6 nitrogen and oxygen atoms in total. The Balaban J connectivity index is 1.82. The van der Waals surface area contributed by atoms with E-state index in [2.05, 4.69) is 30.9 Å². The van der Waals surface area contributed by atoms with Crippen LogP contribution in [0.5, 0.6) is 0 Å². The van der Waals surface area contributed by atoms with E-state index in [0.717, 1.165) is 17.0 Å². The maximum atomic E-state index is 12.7. The van der Waals surface area contributed by atoms with Gasteiger partial charge >= 0.3 is 0 Å². The third-order valence-electron chi connectivity index (χ3n) is 4.70. The Hall–Kier alpha value is -2.41. The smallest absolute Gasteiger partial charge is 0.198 e. The van der Waals surface area contributed by atoms with Gasteiger partial charge in [0.15, 0.2) is 15.7 Å². The highest BCUT2D eigenvalue weighted by Gasteiger charge is 2.25. The molecule has 28 heavy (non-hydrogen) atoms. The minimum absolute atomic E-state index is 0.0609. The summed E-state index contributed by atoms with van der Waals surface area (Å²) in [6.45, 7) is 10.0.